The number of nitrogens with zero attached hydrogens (tertiary/aromatic N) is 3. The van der Waals surface area contributed by atoms with Crippen LogP contribution in [0.1, 0.15) is 25.3 Å². The molecule has 0 unspecified atom stereocenters. The third-order valence-corrected chi connectivity index (χ3v) is 4.47. The predicted molar refractivity (Wildman–Crippen MR) is 80.7 cm³/mol. The summed E-state index contributed by atoms with van der Waals surface area (Å²) in [4.78, 5) is 9.12. The van der Waals surface area contributed by atoms with E-state index in [4.69, 9.17) is 17.3 Å². The summed E-state index contributed by atoms with van der Waals surface area (Å²) in [5.74, 6) is 0.861. The van der Waals surface area contributed by atoms with Gasteiger partial charge in [-0.15, -0.1) is 0 Å². The summed E-state index contributed by atoms with van der Waals surface area (Å²) < 4.78 is 0. The lowest BCUT2D eigenvalue weighted by Crippen LogP contribution is -2.43. The second-order valence-electron chi connectivity index (χ2n) is 5.09. The molecule has 0 spiro atoms. The van der Waals surface area contributed by atoms with Crippen LogP contribution in [0.3, 0.4) is 0 Å². The molecule has 0 bridgehead atoms. The zero-order chi connectivity index (χ0) is 13.8. The lowest BCUT2D eigenvalue weighted by Gasteiger charge is -2.37. The van der Waals surface area contributed by atoms with E-state index in [1.807, 2.05) is 6.07 Å². The molecule has 1 aromatic heterocycles. The normalized spacial score (nSPS) is 17.7. The van der Waals surface area contributed by atoms with Gasteiger partial charge >= 0.3 is 0 Å². The highest BCUT2D eigenvalue weighted by molar-refractivity contribution is 6.33. The van der Waals surface area contributed by atoms with Crippen molar-refractivity contribution in [1.29, 1.82) is 0 Å². The van der Waals surface area contributed by atoms with Crippen molar-refractivity contribution in [2.75, 3.05) is 31.6 Å². The van der Waals surface area contributed by atoms with Crippen LogP contribution in [0.4, 0.5) is 5.82 Å². The van der Waals surface area contributed by atoms with Gasteiger partial charge in [0.1, 0.15) is 5.82 Å². The van der Waals surface area contributed by atoms with E-state index in [9.17, 15) is 0 Å². The van der Waals surface area contributed by atoms with Crippen LogP contribution in [0.15, 0.2) is 12.3 Å². The Morgan fingerprint density at radius 1 is 1.47 bits per heavy atom. The Morgan fingerprint density at radius 3 is 2.74 bits per heavy atom. The molecular formula is C14H23ClN4. The summed E-state index contributed by atoms with van der Waals surface area (Å²) in [6, 6.07) is 2.40. The Morgan fingerprint density at radius 2 is 2.16 bits per heavy atom. The molecule has 0 saturated carbocycles. The molecule has 5 heteroatoms. The molecule has 2 rings (SSSR count). The van der Waals surface area contributed by atoms with Gasteiger partial charge in [0, 0.05) is 38.9 Å². The first kappa shape index (κ1) is 14.6. The topological polar surface area (TPSA) is 45.4 Å². The number of likely N-dealkylation sites (tertiary alicyclic amines) is 1. The Kier molecular flexibility index (Phi) is 5.02. The van der Waals surface area contributed by atoms with Crippen molar-refractivity contribution in [3.8, 4) is 0 Å². The number of aromatic nitrogens is 1. The van der Waals surface area contributed by atoms with E-state index in [1.54, 1.807) is 6.20 Å². The van der Waals surface area contributed by atoms with Crippen LogP contribution in [0, 0.1) is 0 Å². The van der Waals surface area contributed by atoms with E-state index < -0.39 is 0 Å². The fraction of sp³-hybridized carbons (Fsp3) is 0.643. The molecule has 0 aliphatic carbocycles. The maximum atomic E-state index is 6.38. The van der Waals surface area contributed by atoms with Gasteiger partial charge < -0.3 is 15.5 Å². The highest BCUT2D eigenvalue weighted by Crippen LogP contribution is 2.29. The Bertz CT molecular complexity index is 416. The Hall–Kier alpha value is -0.840. The lowest BCUT2D eigenvalue weighted by molar-refractivity contribution is 0.220. The number of halogens is 1. The monoisotopic (exact) mass is 282 g/mol. The van der Waals surface area contributed by atoms with Crippen LogP contribution >= 0.6 is 11.6 Å². The van der Waals surface area contributed by atoms with E-state index in [0.29, 0.717) is 17.6 Å². The maximum absolute atomic E-state index is 6.38. The molecular weight excluding hydrogens is 260 g/mol. The first-order valence-electron chi connectivity index (χ1n) is 6.96. The Balaban J connectivity index is 2.10. The van der Waals surface area contributed by atoms with Gasteiger partial charge in [0.25, 0.3) is 0 Å². The molecule has 2 N–H and O–H groups in total. The summed E-state index contributed by atoms with van der Waals surface area (Å²) in [5.41, 5.74) is 6.66. The standard InChI is InChI=1S/C14H23ClN4/c1-3-19-8-5-12(6-9-19)18(2)14-13(15)11(10-16)4-7-17-14/h4,7,12H,3,5-6,8-10,16H2,1-2H3. The molecule has 106 valence electrons. The van der Waals surface area contributed by atoms with Crippen LogP contribution in [-0.4, -0.2) is 42.6 Å². The molecule has 0 radical (unpaired) electrons. The number of hydrogen-bond donors (Lipinski definition) is 1. The van der Waals surface area contributed by atoms with Crippen molar-refractivity contribution in [3.63, 3.8) is 0 Å². The minimum absolute atomic E-state index is 0.455. The fourth-order valence-corrected chi connectivity index (χ4v) is 2.99. The summed E-state index contributed by atoms with van der Waals surface area (Å²) in [7, 11) is 2.08. The molecule has 1 aromatic rings. The third kappa shape index (κ3) is 3.19. The summed E-state index contributed by atoms with van der Waals surface area (Å²) in [6.45, 7) is 6.11. The molecule has 1 fully saturated rings. The van der Waals surface area contributed by atoms with Crippen molar-refractivity contribution in [3.05, 3.63) is 22.8 Å². The number of rotatable bonds is 4. The van der Waals surface area contributed by atoms with E-state index in [1.165, 1.54) is 0 Å². The minimum atomic E-state index is 0.455. The summed E-state index contributed by atoms with van der Waals surface area (Å²) >= 11 is 6.38. The van der Waals surface area contributed by atoms with E-state index in [0.717, 1.165) is 43.9 Å². The first-order chi connectivity index (χ1) is 9.17. The number of piperidine rings is 1. The van der Waals surface area contributed by atoms with Crippen molar-refractivity contribution < 1.29 is 0 Å². The van der Waals surface area contributed by atoms with Crippen molar-refractivity contribution in [2.24, 2.45) is 5.73 Å². The van der Waals surface area contributed by atoms with Crippen LogP contribution in [0.2, 0.25) is 5.02 Å². The third-order valence-electron chi connectivity index (χ3n) is 4.06. The van der Waals surface area contributed by atoms with Crippen molar-refractivity contribution in [1.82, 2.24) is 9.88 Å². The molecule has 4 nitrogen and oxygen atoms in total. The average Bonchev–Trinajstić information content (AvgIpc) is 2.47. The summed E-state index contributed by atoms with van der Waals surface area (Å²) in [5, 5.41) is 0.699. The van der Waals surface area contributed by atoms with Gasteiger partial charge in [-0.2, -0.15) is 0 Å². The van der Waals surface area contributed by atoms with Crippen molar-refractivity contribution >= 4 is 17.4 Å². The van der Waals surface area contributed by atoms with Crippen LogP contribution in [-0.2, 0) is 6.54 Å². The number of hydrogen-bond acceptors (Lipinski definition) is 4. The predicted octanol–water partition coefficient (Wildman–Crippen LogP) is 2.11. The number of anilines is 1. The van der Waals surface area contributed by atoms with Gasteiger partial charge in [0.15, 0.2) is 0 Å². The zero-order valence-corrected chi connectivity index (χ0v) is 12.5. The van der Waals surface area contributed by atoms with E-state index >= 15 is 0 Å². The maximum Gasteiger partial charge on any atom is 0.147 e. The van der Waals surface area contributed by atoms with Gasteiger partial charge in [-0.25, -0.2) is 4.98 Å². The average molecular weight is 283 g/mol. The fourth-order valence-electron chi connectivity index (χ4n) is 2.67. The van der Waals surface area contributed by atoms with Gasteiger partial charge in [0.2, 0.25) is 0 Å². The number of nitrogens with two attached hydrogens (primary N) is 1. The largest absolute Gasteiger partial charge is 0.355 e. The van der Waals surface area contributed by atoms with Gasteiger partial charge in [0.05, 0.1) is 5.02 Å². The van der Waals surface area contributed by atoms with Crippen molar-refractivity contribution in [2.45, 2.75) is 32.4 Å². The molecule has 0 amide bonds. The Labute approximate surface area is 120 Å². The highest BCUT2D eigenvalue weighted by atomic mass is 35.5. The minimum Gasteiger partial charge on any atom is -0.355 e. The molecule has 2 heterocycles. The second kappa shape index (κ2) is 6.55. The van der Waals surface area contributed by atoms with Gasteiger partial charge in [-0.3, -0.25) is 0 Å². The van der Waals surface area contributed by atoms with E-state index in [2.05, 4.69) is 28.8 Å². The molecule has 19 heavy (non-hydrogen) atoms. The molecule has 1 saturated heterocycles. The molecule has 0 aromatic carbocycles. The first-order valence-corrected chi connectivity index (χ1v) is 7.33. The lowest BCUT2D eigenvalue weighted by atomic mass is 10.0. The molecule has 1 aliphatic rings. The van der Waals surface area contributed by atoms with E-state index in [-0.39, 0.29) is 0 Å². The second-order valence-corrected chi connectivity index (χ2v) is 5.47. The van der Waals surface area contributed by atoms with Crippen LogP contribution in [0.25, 0.3) is 0 Å². The van der Waals surface area contributed by atoms with Crippen LogP contribution < -0.4 is 10.6 Å². The van der Waals surface area contributed by atoms with Gasteiger partial charge in [-0.05, 0) is 31.0 Å². The highest BCUT2D eigenvalue weighted by Gasteiger charge is 2.24. The SMILES string of the molecule is CCN1CCC(N(C)c2nccc(CN)c2Cl)CC1. The zero-order valence-electron chi connectivity index (χ0n) is 11.8. The van der Waals surface area contributed by atoms with Gasteiger partial charge in [-0.1, -0.05) is 18.5 Å². The molecule has 0 atom stereocenters. The number of pyridine rings is 1. The quantitative estimate of drug-likeness (QED) is 0.919. The summed E-state index contributed by atoms with van der Waals surface area (Å²) in [6.07, 6.45) is 4.12. The van der Waals surface area contributed by atoms with Crippen LogP contribution in [0.5, 0.6) is 0 Å². The smallest absolute Gasteiger partial charge is 0.147 e. The molecule has 1 aliphatic heterocycles.